The molecule has 0 rings (SSSR count). The third-order valence-corrected chi connectivity index (χ3v) is 12.2. The van der Waals surface area contributed by atoms with Crippen molar-refractivity contribution in [3.63, 3.8) is 0 Å². The first-order valence-corrected chi connectivity index (χ1v) is 29.4. The topological polar surface area (TPSA) is 78.9 Å². The van der Waals surface area contributed by atoms with Crippen LogP contribution in [-0.4, -0.2) is 37.2 Å². The number of carbonyl (C=O) groups excluding carboxylic acids is 3. The summed E-state index contributed by atoms with van der Waals surface area (Å²) in [6.45, 7) is 6.44. The fraction of sp³-hybridized carbons (Fsp3) is 0.677. The third-order valence-electron chi connectivity index (χ3n) is 12.2. The SMILES string of the molecule is CC/C=C\C/C=C\C/C=C\CCCCCCCC(=O)OC[C@H](COC(=O)CCCCCCCC/C=C\C/C=C\C/C=C\CCCCC)OC(=O)CCCCCCCC/C=C\C/C=C\C/C=C\CCCCC. The molecule has 0 saturated heterocycles. The lowest BCUT2D eigenvalue weighted by Crippen LogP contribution is -2.30. The van der Waals surface area contributed by atoms with Gasteiger partial charge in [-0.1, -0.05) is 226 Å². The number of hydrogen-bond acceptors (Lipinski definition) is 6. The summed E-state index contributed by atoms with van der Waals surface area (Å²) in [4.78, 5) is 38.2. The molecule has 0 aromatic heterocycles. The van der Waals surface area contributed by atoms with Gasteiger partial charge in [0.2, 0.25) is 0 Å². The lowest BCUT2D eigenvalue weighted by Gasteiger charge is -2.18. The molecule has 0 aromatic carbocycles. The molecule has 6 nitrogen and oxygen atoms in total. The van der Waals surface area contributed by atoms with Crippen molar-refractivity contribution in [2.24, 2.45) is 0 Å². The number of rotatable bonds is 52. The molecule has 0 fully saturated rings. The predicted octanol–water partition coefficient (Wildman–Crippen LogP) is 19.9. The number of ether oxygens (including phenoxy) is 3. The summed E-state index contributed by atoms with van der Waals surface area (Å²) in [6.07, 6.45) is 79.3. The second-order valence-electron chi connectivity index (χ2n) is 19.2. The maximum atomic E-state index is 12.9. The van der Waals surface area contributed by atoms with Gasteiger partial charge in [-0.25, -0.2) is 0 Å². The minimum Gasteiger partial charge on any atom is -0.462 e. The highest BCUT2D eigenvalue weighted by Gasteiger charge is 2.19. The van der Waals surface area contributed by atoms with E-state index in [0.29, 0.717) is 19.3 Å². The number of allylic oxidation sites excluding steroid dienone is 18. The standard InChI is InChI=1S/C65H108O6/c1-4-7-10-13-16-19-22-25-28-30-32-34-37-40-43-46-49-52-55-58-64(67)70-61-62(60-69-63(66)57-54-51-48-45-42-39-36-27-24-21-18-15-12-9-6-3)71-65(68)59-56-53-50-47-44-41-38-35-33-31-29-26-23-20-17-14-11-8-5-2/h9,12,16-21,25-29,32-36,62H,4-8,10-11,13-15,22-24,30-31,37-61H2,1-3H3/b12-9-,19-16-,20-17-,21-18-,28-25-,29-26-,34-32-,35-33-,36-27-/t62-/m1/s1. The van der Waals surface area contributed by atoms with Gasteiger partial charge in [0, 0.05) is 19.3 Å². The van der Waals surface area contributed by atoms with E-state index >= 15 is 0 Å². The van der Waals surface area contributed by atoms with Gasteiger partial charge in [0.15, 0.2) is 6.10 Å². The van der Waals surface area contributed by atoms with Crippen LogP contribution in [-0.2, 0) is 28.6 Å². The number of hydrogen-bond donors (Lipinski definition) is 0. The maximum absolute atomic E-state index is 12.9. The second kappa shape index (κ2) is 58.6. The molecule has 0 amide bonds. The van der Waals surface area contributed by atoms with Crippen molar-refractivity contribution in [3.8, 4) is 0 Å². The molecule has 6 heteroatoms. The molecule has 404 valence electrons. The second-order valence-corrected chi connectivity index (χ2v) is 19.2. The summed E-state index contributed by atoms with van der Waals surface area (Å²) in [5.74, 6) is -0.937. The first kappa shape index (κ1) is 67.1. The van der Waals surface area contributed by atoms with Gasteiger partial charge in [-0.3, -0.25) is 14.4 Å². The highest BCUT2D eigenvalue weighted by atomic mass is 16.6. The quantitative estimate of drug-likeness (QED) is 0.0261. The van der Waals surface area contributed by atoms with E-state index < -0.39 is 6.10 Å². The molecule has 0 aliphatic rings. The molecule has 0 bridgehead atoms. The van der Waals surface area contributed by atoms with Gasteiger partial charge < -0.3 is 14.2 Å². The molecular weight excluding hydrogens is 877 g/mol. The Hall–Kier alpha value is -3.93. The lowest BCUT2D eigenvalue weighted by atomic mass is 10.1. The summed E-state index contributed by atoms with van der Waals surface area (Å²) in [5.41, 5.74) is 0. The van der Waals surface area contributed by atoms with Gasteiger partial charge in [0.1, 0.15) is 13.2 Å². The van der Waals surface area contributed by atoms with Crippen molar-refractivity contribution >= 4 is 17.9 Å². The smallest absolute Gasteiger partial charge is 0.306 e. The normalized spacial score (nSPS) is 12.9. The Morgan fingerprint density at radius 1 is 0.296 bits per heavy atom. The Morgan fingerprint density at radius 3 is 0.859 bits per heavy atom. The molecular formula is C65H108O6. The Morgan fingerprint density at radius 2 is 0.549 bits per heavy atom. The average Bonchev–Trinajstić information content (AvgIpc) is 3.37. The van der Waals surface area contributed by atoms with Crippen molar-refractivity contribution in [2.45, 2.75) is 271 Å². The summed E-state index contributed by atoms with van der Waals surface area (Å²) in [5, 5.41) is 0. The summed E-state index contributed by atoms with van der Waals surface area (Å²) in [6, 6.07) is 0. The van der Waals surface area contributed by atoms with Crippen LogP contribution in [0.2, 0.25) is 0 Å². The van der Waals surface area contributed by atoms with Gasteiger partial charge in [-0.15, -0.1) is 0 Å². The highest BCUT2D eigenvalue weighted by Crippen LogP contribution is 2.14. The van der Waals surface area contributed by atoms with E-state index in [0.717, 1.165) is 141 Å². The van der Waals surface area contributed by atoms with E-state index in [4.69, 9.17) is 14.2 Å². The molecule has 71 heavy (non-hydrogen) atoms. The molecule has 0 aliphatic heterocycles. The zero-order chi connectivity index (χ0) is 51.4. The predicted molar refractivity (Wildman–Crippen MR) is 307 cm³/mol. The van der Waals surface area contributed by atoms with Crippen molar-refractivity contribution in [1.82, 2.24) is 0 Å². The Kier molecular flexibility index (Phi) is 55.4. The third kappa shape index (κ3) is 56.9. The van der Waals surface area contributed by atoms with Crippen molar-refractivity contribution in [1.29, 1.82) is 0 Å². The van der Waals surface area contributed by atoms with Crippen LogP contribution in [0.3, 0.4) is 0 Å². The molecule has 0 N–H and O–H groups in total. The molecule has 0 aliphatic carbocycles. The zero-order valence-electron chi connectivity index (χ0n) is 46.2. The van der Waals surface area contributed by atoms with Crippen LogP contribution in [0, 0.1) is 0 Å². The number of carbonyl (C=O) groups is 3. The summed E-state index contributed by atoms with van der Waals surface area (Å²) in [7, 11) is 0. The molecule has 0 spiro atoms. The summed E-state index contributed by atoms with van der Waals surface area (Å²) >= 11 is 0. The van der Waals surface area contributed by atoms with Crippen LogP contribution in [0.4, 0.5) is 0 Å². The maximum Gasteiger partial charge on any atom is 0.306 e. The first-order valence-electron chi connectivity index (χ1n) is 29.4. The number of unbranched alkanes of at least 4 members (excludes halogenated alkanes) is 23. The zero-order valence-corrected chi connectivity index (χ0v) is 46.2. The van der Waals surface area contributed by atoms with E-state index in [1.165, 1.54) is 83.5 Å². The van der Waals surface area contributed by atoms with Gasteiger partial charge in [0.25, 0.3) is 0 Å². The van der Waals surface area contributed by atoms with Gasteiger partial charge in [-0.05, 0) is 128 Å². The van der Waals surface area contributed by atoms with Crippen molar-refractivity contribution in [3.05, 3.63) is 109 Å². The minimum atomic E-state index is -0.801. The molecule has 0 saturated carbocycles. The molecule has 0 aromatic rings. The molecule has 0 heterocycles. The monoisotopic (exact) mass is 985 g/mol. The fourth-order valence-electron chi connectivity index (χ4n) is 7.82. The average molecular weight is 986 g/mol. The van der Waals surface area contributed by atoms with Crippen LogP contribution >= 0.6 is 0 Å². The van der Waals surface area contributed by atoms with E-state index in [-0.39, 0.29) is 31.1 Å². The van der Waals surface area contributed by atoms with Crippen LogP contribution in [0.5, 0.6) is 0 Å². The van der Waals surface area contributed by atoms with Crippen LogP contribution in [0.1, 0.15) is 265 Å². The van der Waals surface area contributed by atoms with E-state index in [9.17, 15) is 14.4 Å². The Bertz CT molecular complexity index is 1460. The van der Waals surface area contributed by atoms with Crippen molar-refractivity contribution in [2.75, 3.05) is 13.2 Å². The van der Waals surface area contributed by atoms with E-state index in [2.05, 4.69) is 130 Å². The highest BCUT2D eigenvalue weighted by molar-refractivity contribution is 5.71. The Balaban J connectivity index is 4.47. The van der Waals surface area contributed by atoms with Crippen LogP contribution in [0.15, 0.2) is 109 Å². The van der Waals surface area contributed by atoms with Gasteiger partial charge in [0.05, 0.1) is 0 Å². The number of esters is 3. The van der Waals surface area contributed by atoms with Crippen LogP contribution < -0.4 is 0 Å². The van der Waals surface area contributed by atoms with Crippen LogP contribution in [0.25, 0.3) is 0 Å². The Labute approximate surface area is 438 Å². The largest absolute Gasteiger partial charge is 0.462 e. The van der Waals surface area contributed by atoms with Gasteiger partial charge in [-0.2, -0.15) is 0 Å². The fourth-order valence-corrected chi connectivity index (χ4v) is 7.82. The lowest BCUT2D eigenvalue weighted by molar-refractivity contribution is -0.167. The van der Waals surface area contributed by atoms with Gasteiger partial charge >= 0.3 is 17.9 Å². The molecule has 0 unspecified atom stereocenters. The minimum absolute atomic E-state index is 0.0976. The summed E-state index contributed by atoms with van der Waals surface area (Å²) < 4.78 is 16.9. The molecule has 0 radical (unpaired) electrons. The molecule has 1 atom stereocenters. The van der Waals surface area contributed by atoms with E-state index in [1.54, 1.807) is 0 Å². The first-order chi connectivity index (χ1) is 35.0. The van der Waals surface area contributed by atoms with E-state index in [1.807, 2.05) is 0 Å². The van der Waals surface area contributed by atoms with Crippen molar-refractivity contribution < 1.29 is 28.6 Å².